The molecule has 1 heterocycles. The number of amides is 1. The van der Waals surface area contributed by atoms with Gasteiger partial charge in [-0.15, -0.1) is 0 Å². The predicted octanol–water partition coefficient (Wildman–Crippen LogP) is 1.95. The third-order valence-corrected chi connectivity index (χ3v) is 4.12. The summed E-state index contributed by atoms with van der Waals surface area (Å²) in [4.78, 5) is 14.1. The number of rotatable bonds is 5. The van der Waals surface area contributed by atoms with Crippen molar-refractivity contribution in [2.75, 3.05) is 13.6 Å². The number of halogens is 2. The fourth-order valence-corrected chi connectivity index (χ4v) is 3.05. The van der Waals surface area contributed by atoms with Crippen molar-refractivity contribution in [1.29, 1.82) is 0 Å². The minimum Gasteiger partial charge on any atom is -0.338 e. The van der Waals surface area contributed by atoms with Gasteiger partial charge >= 0.3 is 0 Å². The Kier molecular flexibility index (Phi) is 4.75. The summed E-state index contributed by atoms with van der Waals surface area (Å²) in [5.41, 5.74) is 6.05. The molecule has 0 bridgehead atoms. The Balaban J connectivity index is 2.12. The van der Waals surface area contributed by atoms with Crippen LogP contribution in [0.1, 0.15) is 29.8 Å². The van der Waals surface area contributed by atoms with Gasteiger partial charge in [0, 0.05) is 19.3 Å². The van der Waals surface area contributed by atoms with E-state index in [9.17, 15) is 13.6 Å². The maximum Gasteiger partial charge on any atom is 0.270 e. The van der Waals surface area contributed by atoms with Crippen LogP contribution in [0.3, 0.4) is 0 Å². The van der Waals surface area contributed by atoms with E-state index in [0.29, 0.717) is 18.2 Å². The first-order valence-corrected chi connectivity index (χ1v) is 6.95. The molecule has 1 aliphatic carbocycles. The summed E-state index contributed by atoms with van der Waals surface area (Å²) < 4.78 is 26.3. The quantitative estimate of drug-likeness (QED) is 0.899. The summed E-state index contributed by atoms with van der Waals surface area (Å²) in [5.74, 6) is 0.100. The van der Waals surface area contributed by atoms with Crippen molar-refractivity contribution in [2.24, 2.45) is 11.7 Å². The number of hydrogen-bond acceptors (Lipinski definition) is 2. The maximum absolute atomic E-state index is 12.5. The molecule has 1 saturated carbocycles. The van der Waals surface area contributed by atoms with Gasteiger partial charge in [0.2, 0.25) is 0 Å². The average molecular weight is 285 g/mol. The molecule has 0 radical (unpaired) electrons. The van der Waals surface area contributed by atoms with E-state index in [-0.39, 0.29) is 11.9 Å². The highest BCUT2D eigenvalue weighted by Crippen LogP contribution is 2.29. The third-order valence-electron chi connectivity index (χ3n) is 4.12. The van der Waals surface area contributed by atoms with Gasteiger partial charge < -0.3 is 15.2 Å². The minimum absolute atomic E-state index is 0.113. The molecule has 0 aliphatic heterocycles. The minimum atomic E-state index is -2.47. The lowest BCUT2D eigenvalue weighted by Crippen LogP contribution is -2.42. The number of nitrogens with two attached hydrogens (primary N) is 1. The highest BCUT2D eigenvalue weighted by Gasteiger charge is 2.32. The Morgan fingerprint density at radius 3 is 2.95 bits per heavy atom. The zero-order chi connectivity index (χ0) is 14.7. The van der Waals surface area contributed by atoms with Crippen LogP contribution in [-0.2, 0) is 6.54 Å². The predicted molar refractivity (Wildman–Crippen MR) is 72.7 cm³/mol. The van der Waals surface area contributed by atoms with Crippen molar-refractivity contribution in [3.63, 3.8) is 0 Å². The van der Waals surface area contributed by atoms with E-state index < -0.39 is 13.0 Å². The van der Waals surface area contributed by atoms with Gasteiger partial charge in [0.15, 0.2) is 0 Å². The second-order valence-electron chi connectivity index (χ2n) is 5.35. The molecule has 0 aromatic carbocycles. The molecule has 0 spiro atoms. The molecule has 2 unspecified atom stereocenters. The van der Waals surface area contributed by atoms with Crippen molar-refractivity contribution in [3.05, 3.63) is 24.0 Å². The summed E-state index contributed by atoms with van der Waals surface area (Å²) >= 11 is 0. The molecular formula is C14H21F2N3O. The van der Waals surface area contributed by atoms with Crippen LogP contribution in [0.5, 0.6) is 0 Å². The summed E-state index contributed by atoms with van der Waals surface area (Å²) in [6.07, 6.45) is 2.06. The molecule has 2 atom stereocenters. The molecule has 2 rings (SSSR count). The first-order chi connectivity index (χ1) is 9.54. The molecule has 0 saturated heterocycles. The second kappa shape index (κ2) is 6.35. The zero-order valence-electron chi connectivity index (χ0n) is 11.6. The van der Waals surface area contributed by atoms with Crippen LogP contribution >= 0.6 is 0 Å². The van der Waals surface area contributed by atoms with Gasteiger partial charge in [0.05, 0.1) is 6.54 Å². The Hall–Kier alpha value is -1.43. The monoisotopic (exact) mass is 285 g/mol. The summed E-state index contributed by atoms with van der Waals surface area (Å²) in [6.45, 7) is 0.104. The number of nitrogens with zero attached hydrogens (tertiary/aromatic N) is 2. The van der Waals surface area contributed by atoms with E-state index in [1.54, 1.807) is 24.1 Å². The third kappa shape index (κ3) is 3.00. The SMILES string of the molecule is CN(C(=O)c1cccn1CC(F)F)C1CCCC1CN. The smallest absolute Gasteiger partial charge is 0.270 e. The second-order valence-corrected chi connectivity index (χ2v) is 5.35. The van der Waals surface area contributed by atoms with Crippen LogP contribution < -0.4 is 5.73 Å². The molecular weight excluding hydrogens is 264 g/mol. The van der Waals surface area contributed by atoms with Gasteiger partial charge in [-0.25, -0.2) is 8.78 Å². The normalized spacial score (nSPS) is 22.4. The van der Waals surface area contributed by atoms with Gasteiger partial charge in [-0.3, -0.25) is 4.79 Å². The zero-order valence-corrected chi connectivity index (χ0v) is 11.6. The number of aromatic nitrogens is 1. The molecule has 1 aromatic heterocycles. The molecule has 20 heavy (non-hydrogen) atoms. The lowest BCUT2D eigenvalue weighted by Gasteiger charge is -2.29. The highest BCUT2D eigenvalue weighted by molar-refractivity contribution is 5.92. The van der Waals surface area contributed by atoms with Gasteiger partial charge in [-0.2, -0.15) is 0 Å². The van der Waals surface area contributed by atoms with Gasteiger partial charge in [-0.05, 0) is 37.4 Å². The van der Waals surface area contributed by atoms with Crippen molar-refractivity contribution < 1.29 is 13.6 Å². The van der Waals surface area contributed by atoms with Crippen LogP contribution in [0.25, 0.3) is 0 Å². The lowest BCUT2D eigenvalue weighted by molar-refractivity contribution is 0.0680. The number of carbonyl (C=O) groups is 1. The Morgan fingerprint density at radius 1 is 1.55 bits per heavy atom. The highest BCUT2D eigenvalue weighted by atomic mass is 19.3. The van der Waals surface area contributed by atoms with E-state index in [1.165, 1.54) is 10.8 Å². The average Bonchev–Trinajstić information content (AvgIpc) is 3.04. The molecule has 1 fully saturated rings. The van der Waals surface area contributed by atoms with Crippen LogP contribution in [0, 0.1) is 5.92 Å². The molecule has 6 heteroatoms. The standard InChI is InChI=1S/C14H21F2N3O/c1-18(11-5-2-4-10(11)8-17)14(20)12-6-3-7-19(12)9-13(15)16/h3,6-7,10-11,13H,2,4-5,8-9,17H2,1H3. The Bertz CT molecular complexity index is 461. The maximum atomic E-state index is 12.5. The molecule has 2 N–H and O–H groups in total. The van der Waals surface area contributed by atoms with E-state index in [4.69, 9.17) is 5.73 Å². The first-order valence-electron chi connectivity index (χ1n) is 6.95. The Morgan fingerprint density at radius 2 is 2.30 bits per heavy atom. The van der Waals surface area contributed by atoms with Gasteiger partial charge in [-0.1, -0.05) is 6.42 Å². The molecule has 4 nitrogen and oxygen atoms in total. The molecule has 1 aliphatic rings. The first kappa shape index (κ1) is 15.0. The van der Waals surface area contributed by atoms with Crippen LogP contribution in [0.4, 0.5) is 8.78 Å². The van der Waals surface area contributed by atoms with Crippen LogP contribution in [0.2, 0.25) is 0 Å². The number of hydrogen-bond donors (Lipinski definition) is 1. The lowest BCUT2D eigenvalue weighted by atomic mass is 10.0. The molecule has 1 aromatic rings. The molecule has 112 valence electrons. The fraction of sp³-hybridized carbons (Fsp3) is 0.643. The van der Waals surface area contributed by atoms with E-state index in [2.05, 4.69) is 0 Å². The summed E-state index contributed by atoms with van der Waals surface area (Å²) in [6, 6.07) is 3.33. The summed E-state index contributed by atoms with van der Waals surface area (Å²) in [7, 11) is 1.74. The van der Waals surface area contributed by atoms with E-state index in [1.807, 2.05) is 0 Å². The van der Waals surface area contributed by atoms with Crippen LogP contribution in [-0.4, -0.2) is 41.4 Å². The van der Waals surface area contributed by atoms with Gasteiger partial charge in [0.25, 0.3) is 12.3 Å². The van der Waals surface area contributed by atoms with Crippen molar-refractivity contribution in [3.8, 4) is 0 Å². The van der Waals surface area contributed by atoms with Crippen molar-refractivity contribution in [1.82, 2.24) is 9.47 Å². The van der Waals surface area contributed by atoms with Crippen molar-refractivity contribution >= 4 is 5.91 Å². The molecule has 1 amide bonds. The Labute approximate surface area is 117 Å². The summed E-state index contributed by atoms with van der Waals surface area (Å²) in [5, 5.41) is 0. The number of carbonyl (C=O) groups excluding carboxylic acids is 1. The van der Waals surface area contributed by atoms with Gasteiger partial charge in [0.1, 0.15) is 5.69 Å². The van der Waals surface area contributed by atoms with Crippen LogP contribution in [0.15, 0.2) is 18.3 Å². The van der Waals surface area contributed by atoms with Crippen molar-refractivity contribution in [2.45, 2.75) is 38.3 Å². The number of alkyl halides is 2. The van der Waals surface area contributed by atoms with E-state index >= 15 is 0 Å². The fourth-order valence-electron chi connectivity index (χ4n) is 3.05. The van der Waals surface area contributed by atoms with E-state index in [0.717, 1.165) is 19.3 Å². The topological polar surface area (TPSA) is 51.3 Å². The largest absolute Gasteiger partial charge is 0.338 e.